The zero-order chi connectivity index (χ0) is 20.8. The van der Waals surface area contributed by atoms with Crippen LogP contribution in [0.25, 0.3) is 11.4 Å². The second kappa shape index (κ2) is 9.20. The van der Waals surface area contributed by atoms with Crippen LogP contribution < -0.4 is 14.8 Å². The number of thiophene rings is 1. The molecule has 0 spiro atoms. The average molecular weight is 417 g/mol. The molecule has 0 aliphatic rings. The summed E-state index contributed by atoms with van der Waals surface area (Å²) in [4.78, 5) is 28.8. The minimum atomic E-state index is -0.612. The number of methoxy groups -OCH3 is 3. The van der Waals surface area contributed by atoms with Gasteiger partial charge < -0.3 is 24.1 Å². The lowest BCUT2D eigenvalue weighted by molar-refractivity contribution is -0.116. The molecule has 2 aromatic heterocycles. The van der Waals surface area contributed by atoms with Crippen LogP contribution in [0.3, 0.4) is 0 Å². The molecule has 0 aliphatic carbocycles. The Morgan fingerprint density at radius 3 is 2.59 bits per heavy atom. The standard InChI is InChI=1S/C19H19N3O6S/c1-25-14-8-12(19(24)27-3)13(9-15(14)26-2)20-16(23)4-5-17-21-18(22-28-17)11-6-7-29-10-11/h6-10H,4-5H2,1-3H3,(H,20,23). The first-order chi connectivity index (χ1) is 14.0. The van der Waals surface area contributed by atoms with Crippen LogP contribution >= 0.6 is 11.3 Å². The van der Waals surface area contributed by atoms with Gasteiger partial charge in [-0.2, -0.15) is 16.3 Å². The van der Waals surface area contributed by atoms with Gasteiger partial charge in [-0.1, -0.05) is 5.16 Å². The highest BCUT2D eigenvalue weighted by molar-refractivity contribution is 7.08. The molecule has 29 heavy (non-hydrogen) atoms. The van der Waals surface area contributed by atoms with Crippen molar-refractivity contribution in [3.05, 3.63) is 40.4 Å². The number of hydrogen-bond donors (Lipinski definition) is 1. The van der Waals surface area contributed by atoms with Crippen LogP contribution in [0, 0.1) is 0 Å². The highest BCUT2D eigenvalue weighted by Gasteiger charge is 2.19. The molecule has 9 nitrogen and oxygen atoms in total. The normalized spacial score (nSPS) is 10.4. The molecule has 0 aliphatic heterocycles. The predicted molar refractivity (Wildman–Crippen MR) is 105 cm³/mol. The number of anilines is 1. The van der Waals surface area contributed by atoms with E-state index < -0.39 is 5.97 Å². The van der Waals surface area contributed by atoms with Crippen molar-refractivity contribution in [1.29, 1.82) is 0 Å². The fourth-order valence-corrected chi connectivity index (χ4v) is 3.19. The van der Waals surface area contributed by atoms with Crippen molar-refractivity contribution in [1.82, 2.24) is 10.1 Å². The van der Waals surface area contributed by atoms with E-state index in [2.05, 4.69) is 15.5 Å². The Bertz CT molecular complexity index is 1000. The van der Waals surface area contributed by atoms with E-state index >= 15 is 0 Å². The van der Waals surface area contributed by atoms with E-state index in [1.807, 2.05) is 16.8 Å². The molecule has 0 bridgehead atoms. The van der Waals surface area contributed by atoms with Crippen molar-refractivity contribution in [2.24, 2.45) is 0 Å². The average Bonchev–Trinajstić information content (AvgIpc) is 3.43. The van der Waals surface area contributed by atoms with E-state index in [-0.39, 0.29) is 30.0 Å². The summed E-state index contributed by atoms with van der Waals surface area (Å²) in [7, 11) is 4.17. The molecule has 0 unspecified atom stereocenters. The molecule has 0 atom stereocenters. The summed E-state index contributed by atoms with van der Waals surface area (Å²) in [6.07, 6.45) is 0.337. The van der Waals surface area contributed by atoms with Gasteiger partial charge >= 0.3 is 5.97 Å². The summed E-state index contributed by atoms with van der Waals surface area (Å²) in [5.74, 6) is 0.595. The van der Waals surface area contributed by atoms with Gasteiger partial charge in [-0.3, -0.25) is 4.79 Å². The lowest BCUT2D eigenvalue weighted by Crippen LogP contribution is -2.16. The van der Waals surface area contributed by atoms with Gasteiger partial charge in [0.2, 0.25) is 17.6 Å². The Hall–Kier alpha value is -3.40. The minimum absolute atomic E-state index is 0.0836. The monoisotopic (exact) mass is 417 g/mol. The van der Waals surface area contributed by atoms with E-state index in [1.165, 1.54) is 44.8 Å². The molecule has 1 N–H and O–H groups in total. The van der Waals surface area contributed by atoms with Gasteiger partial charge in [0.1, 0.15) is 0 Å². The van der Waals surface area contributed by atoms with Crippen LogP contribution in [-0.4, -0.2) is 43.3 Å². The summed E-state index contributed by atoms with van der Waals surface area (Å²) < 4.78 is 20.4. The summed E-state index contributed by atoms with van der Waals surface area (Å²) in [6, 6.07) is 4.84. The smallest absolute Gasteiger partial charge is 0.340 e. The zero-order valence-corrected chi connectivity index (χ0v) is 16.9. The number of amides is 1. The molecule has 0 fully saturated rings. The van der Waals surface area contributed by atoms with Crippen molar-refractivity contribution in [2.45, 2.75) is 12.8 Å². The lowest BCUT2D eigenvalue weighted by atomic mass is 10.1. The SMILES string of the molecule is COC(=O)c1cc(OC)c(OC)cc1NC(=O)CCc1nc(-c2ccsc2)no1. The second-order valence-corrected chi connectivity index (χ2v) is 6.60. The van der Waals surface area contributed by atoms with Crippen LogP contribution in [0.15, 0.2) is 33.5 Å². The van der Waals surface area contributed by atoms with Gasteiger partial charge in [0.15, 0.2) is 11.5 Å². The Labute approximate surface area is 170 Å². The zero-order valence-electron chi connectivity index (χ0n) is 16.1. The third-order valence-electron chi connectivity index (χ3n) is 4.02. The topological polar surface area (TPSA) is 113 Å². The van der Waals surface area contributed by atoms with Crippen LogP contribution in [0.2, 0.25) is 0 Å². The van der Waals surface area contributed by atoms with E-state index in [9.17, 15) is 9.59 Å². The van der Waals surface area contributed by atoms with Crippen molar-refractivity contribution in [2.75, 3.05) is 26.6 Å². The molecular weight excluding hydrogens is 398 g/mol. The van der Waals surface area contributed by atoms with Crippen LogP contribution in [0.1, 0.15) is 22.7 Å². The van der Waals surface area contributed by atoms with Gasteiger partial charge in [0.25, 0.3) is 0 Å². The summed E-state index contributed by atoms with van der Waals surface area (Å²) in [6.45, 7) is 0. The van der Waals surface area contributed by atoms with E-state index in [0.29, 0.717) is 23.2 Å². The number of aryl methyl sites for hydroxylation is 1. The number of rotatable bonds is 8. The number of nitrogens with zero attached hydrogens (tertiary/aromatic N) is 2. The van der Waals surface area contributed by atoms with E-state index in [4.69, 9.17) is 18.7 Å². The molecule has 1 aromatic carbocycles. The third-order valence-corrected chi connectivity index (χ3v) is 4.70. The highest BCUT2D eigenvalue weighted by atomic mass is 32.1. The van der Waals surface area contributed by atoms with Gasteiger partial charge in [0, 0.05) is 35.9 Å². The minimum Gasteiger partial charge on any atom is -0.493 e. The highest BCUT2D eigenvalue weighted by Crippen LogP contribution is 2.34. The van der Waals surface area contributed by atoms with Crippen LogP contribution in [-0.2, 0) is 16.0 Å². The van der Waals surface area contributed by atoms with Crippen LogP contribution in [0.5, 0.6) is 11.5 Å². The lowest BCUT2D eigenvalue weighted by Gasteiger charge is -2.14. The van der Waals surface area contributed by atoms with Crippen LogP contribution in [0.4, 0.5) is 5.69 Å². The molecule has 3 rings (SSSR count). The first-order valence-corrected chi connectivity index (χ1v) is 9.49. The molecular formula is C19H19N3O6S. The first kappa shape index (κ1) is 20.3. The molecule has 1 amide bonds. The van der Waals surface area contributed by atoms with Crippen molar-refractivity contribution >= 4 is 28.9 Å². The number of carbonyl (C=O) groups excluding carboxylic acids is 2. The number of nitrogens with one attached hydrogen (secondary N) is 1. The third kappa shape index (κ3) is 4.72. The van der Waals surface area contributed by atoms with E-state index in [1.54, 1.807) is 0 Å². The molecule has 10 heteroatoms. The summed E-state index contributed by atoms with van der Waals surface area (Å²) >= 11 is 1.53. The van der Waals surface area contributed by atoms with Crippen molar-refractivity contribution in [3.8, 4) is 22.9 Å². The quantitative estimate of drug-likeness (QED) is 0.556. The number of aromatic nitrogens is 2. The molecule has 0 radical (unpaired) electrons. The fraction of sp³-hybridized carbons (Fsp3) is 0.263. The van der Waals surface area contributed by atoms with Gasteiger partial charge in [-0.15, -0.1) is 0 Å². The molecule has 3 aromatic rings. The van der Waals surface area contributed by atoms with Gasteiger partial charge in [-0.25, -0.2) is 4.79 Å². The van der Waals surface area contributed by atoms with E-state index in [0.717, 1.165) is 5.56 Å². The Balaban J connectivity index is 1.70. The maximum absolute atomic E-state index is 12.4. The predicted octanol–water partition coefficient (Wildman–Crippen LogP) is 3.17. The number of hydrogen-bond acceptors (Lipinski definition) is 9. The van der Waals surface area contributed by atoms with Gasteiger partial charge in [0.05, 0.1) is 32.6 Å². The molecule has 0 saturated heterocycles. The Morgan fingerprint density at radius 1 is 1.17 bits per heavy atom. The Morgan fingerprint density at radius 2 is 1.93 bits per heavy atom. The molecule has 152 valence electrons. The maximum Gasteiger partial charge on any atom is 0.340 e. The summed E-state index contributed by atoms with van der Waals surface area (Å²) in [5.41, 5.74) is 1.27. The number of esters is 1. The number of carbonyl (C=O) groups is 2. The molecule has 0 saturated carbocycles. The van der Waals surface area contributed by atoms with Crippen molar-refractivity contribution < 1.29 is 28.3 Å². The number of benzene rings is 1. The van der Waals surface area contributed by atoms with Gasteiger partial charge in [-0.05, 0) is 11.4 Å². The maximum atomic E-state index is 12.4. The van der Waals surface area contributed by atoms with Crippen molar-refractivity contribution in [3.63, 3.8) is 0 Å². The first-order valence-electron chi connectivity index (χ1n) is 8.55. The second-order valence-electron chi connectivity index (χ2n) is 5.82. The Kier molecular flexibility index (Phi) is 6.45. The molecule has 2 heterocycles. The summed E-state index contributed by atoms with van der Waals surface area (Å²) in [5, 5.41) is 10.4. The largest absolute Gasteiger partial charge is 0.493 e. The number of ether oxygens (including phenoxy) is 3. The fourth-order valence-electron chi connectivity index (χ4n) is 2.56.